The van der Waals surface area contributed by atoms with E-state index in [9.17, 15) is 4.79 Å². The number of nitrogens with zero attached hydrogens (tertiary/aromatic N) is 3. The second-order valence-electron chi connectivity index (χ2n) is 6.90. The smallest absolute Gasteiger partial charge is 0.238 e. The molecule has 1 aliphatic heterocycles. The molecular formula is C22H23N3O2. The summed E-state index contributed by atoms with van der Waals surface area (Å²) in [5.74, 6) is 0.986. The molecule has 0 radical (unpaired) electrons. The molecule has 1 saturated heterocycles. The third-order valence-corrected chi connectivity index (χ3v) is 5.10. The molecule has 1 amide bonds. The summed E-state index contributed by atoms with van der Waals surface area (Å²) in [4.78, 5) is 21.4. The van der Waals surface area contributed by atoms with Crippen molar-refractivity contribution in [3.63, 3.8) is 0 Å². The van der Waals surface area contributed by atoms with Crippen molar-refractivity contribution in [3.05, 3.63) is 71.9 Å². The largest absolute Gasteiger partial charge is 0.497 e. The zero-order valence-corrected chi connectivity index (χ0v) is 15.6. The summed E-state index contributed by atoms with van der Waals surface area (Å²) in [5.41, 5.74) is 3.05. The van der Waals surface area contributed by atoms with Gasteiger partial charge in [-0.25, -0.2) is 4.98 Å². The van der Waals surface area contributed by atoms with E-state index in [1.54, 1.807) is 7.11 Å². The first-order valence-electron chi connectivity index (χ1n) is 9.14. The Labute approximate surface area is 159 Å². The first kappa shape index (κ1) is 17.5. The first-order chi connectivity index (χ1) is 13.2. The van der Waals surface area contributed by atoms with Gasteiger partial charge in [0.2, 0.25) is 5.91 Å². The van der Waals surface area contributed by atoms with E-state index in [0.29, 0.717) is 13.1 Å². The van der Waals surface area contributed by atoms with E-state index in [1.807, 2.05) is 60.5 Å². The first-order valence-corrected chi connectivity index (χ1v) is 9.14. The van der Waals surface area contributed by atoms with Crippen LogP contribution in [0.4, 0.5) is 0 Å². The topological polar surface area (TPSA) is 45.7 Å². The SMILES string of the molecule is COc1ccc(CCN2C(=O)CN(C)C2c2ccc3ccccc3n2)cc1. The Morgan fingerprint density at radius 3 is 2.63 bits per heavy atom. The molecule has 27 heavy (non-hydrogen) atoms. The Morgan fingerprint density at radius 1 is 1.07 bits per heavy atom. The van der Waals surface area contributed by atoms with Gasteiger partial charge >= 0.3 is 0 Å². The summed E-state index contributed by atoms with van der Waals surface area (Å²) < 4.78 is 5.21. The Bertz CT molecular complexity index is 955. The number of amides is 1. The number of hydrogen-bond donors (Lipinski definition) is 0. The number of hydrogen-bond acceptors (Lipinski definition) is 4. The zero-order chi connectivity index (χ0) is 18.8. The number of benzene rings is 2. The lowest BCUT2D eigenvalue weighted by Crippen LogP contribution is -2.33. The number of fused-ring (bicyclic) bond motifs is 1. The van der Waals surface area contributed by atoms with Crippen LogP contribution in [0.1, 0.15) is 17.4 Å². The molecule has 1 aromatic heterocycles. The highest BCUT2D eigenvalue weighted by Crippen LogP contribution is 2.29. The van der Waals surface area contributed by atoms with Gasteiger partial charge in [0.15, 0.2) is 0 Å². The normalized spacial score (nSPS) is 17.6. The molecule has 0 spiro atoms. The number of methoxy groups -OCH3 is 1. The molecule has 2 aromatic carbocycles. The van der Waals surface area contributed by atoms with Crippen molar-refractivity contribution in [2.75, 3.05) is 27.2 Å². The van der Waals surface area contributed by atoms with E-state index < -0.39 is 0 Å². The third kappa shape index (κ3) is 3.51. The molecule has 1 atom stereocenters. The van der Waals surface area contributed by atoms with Crippen LogP contribution in [0, 0.1) is 0 Å². The van der Waals surface area contributed by atoms with Crippen LogP contribution in [0.3, 0.4) is 0 Å². The molecule has 2 heterocycles. The minimum absolute atomic E-state index is 0.125. The highest BCUT2D eigenvalue weighted by Gasteiger charge is 2.37. The molecule has 5 nitrogen and oxygen atoms in total. The van der Waals surface area contributed by atoms with Crippen LogP contribution in [0.5, 0.6) is 5.75 Å². The fraction of sp³-hybridized carbons (Fsp3) is 0.273. The Kier molecular flexibility index (Phi) is 4.77. The molecular weight excluding hydrogens is 338 g/mol. The van der Waals surface area contributed by atoms with E-state index in [-0.39, 0.29) is 12.1 Å². The standard InChI is InChI=1S/C22H23N3O2/c1-24-15-21(26)25(14-13-16-7-10-18(27-2)11-8-16)22(24)20-12-9-17-5-3-4-6-19(17)23-20/h3-12,22H,13-15H2,1-2H3. The molecule has 5 heteroatoms. The molecule has 3 aromatic rings. The fourth-order valence-electron chi connectivity index (χ4n) is 3.66. The van der Waals surface area contributed by atoms with Gasteiger partial charge in [-0.2, -0.15) is 0 Å². The number of pyridine rings is 1. The molecule has 0 aliphatic carbocycles. The lowest BCUT2D eigenvalue weighted by atomic mass is 10.1. The molecule has 0 N–H and O–H groups in total. The van der Waals surface area contributed by atoms with Gasteiger partial charge < -0.3 is 9.64 Å². The number of aromatic nitrogens is 1. The zero-order valence-electron chi connectivity index (χ0n) is 15.6. The molecule has 1 aliphatic rings. The Morgan fingerprint density at radius 2 is 1.85 bits per heavy atom. The lowest BCUT2D eigenvalue weighted by molar-refractivity contribution is -0.128. The number of carbonyl (C=O) groups excluding carboxylic acids is 1. The fourth-order valence-corrected chi connectivity index (χ4v) is 3.66. The highest BCUT2D eigenvalue weighted by atomic mass is 16.5. The maximum absolute atomic E-state index is 12.6. The quantitative estimate of drug-likeness (QED) is 0.700. The molecule has 138 valence electrons. The average molecular weight is 361 g/mol. The van der Waals surface area contributed by atoms with Crippen LogP contribution in [0.2, 0.25) is 0 Å². The van der Waals surface area contributed by atoms with Gasteiger partial charge in [-0.05, 0) is 43.3 Å². The van der Waals surface area contributed by atoms with Crippen LogP contribution in [-0.4, -0.2) is 47.9 Å². The van der Waals surface area contributed by atoms with Gasteiger partial charge in [-0.3, -0.25) is 9.69 Å². The lowest BCUT2D eigenvalue weighted by Gasteiger charge is -2.27. The third-order valence-electron chi connectivity index (χ3n) is 5.10. The van der Waals surface area contributed by atoms with Crippen LogP contribution in [-0.2, 0) is 11.2 Å². The van der Waals surface area contributed by atoms with Gasteiger partial charge in [0.05, 0.1) is 24.9 Å². The van der Waals surface area contributed by atoms with Crippen molar-refractivity contribution in [1.82, 2.24) is 14.8 Å². The van der Waals surface area contributed by atoms with Crippen molar-refractivity contribution >= 4 is 16.8 Å². The van der Waals surface area contributed by atoms with Crippen LogP contribution < -0.4 is 4.74 Å². The van der Waals surface area contributed by atoms with Crippen LogP contribution in [0.25, 0.3) is 10.9 Å². The summed E-state index contributed by atoms with van der Waals surface area (Å²) in [6, 6.07) is 20.2. The van der Waals surface area contributed by atoms with Crippen molar-refractivity contribution in [2.24, 2.45) is 0 Å². The minimum atomic E-state index is -0.125. The number of likely N-dealkylation sites (N-methyl/N-ethyl adjacent to an activating group) is 1. The van der Waals surface area contributed by atoms with E-state index in [0.717, 1.165) is 28.8 Å². The second-order valence-corrected chi connectivity index (χ2v) is 6.90. The second kappa shape index (κ2) is 7.37. The number of rotatable bonds is 5. The molecule has 4 rings (SSSR count). The number of para-hydroxylation sites is 1. The molecule has 1 fully saturated rings. The van der Waals surface area contributed by atoms with E-state index in [4.69, 9.17) is 9.72 Å². The van der Waals surface area contributed by atoms with Crippen LogP contribution >= 0.6 is 0 Å². The minimum Gasteiger partial charge on any atom is -0.497 e. The van der Waals surface area contributed by atoms with Crippen molar-refractivity contribution in [2.45, 2.75) is 12.6 Å². The Hall–Kier alpha value is -2.92. The van der Waals surface area contributed by atoms with Crippen molar-refractivity contribution in [1.29, 1.82) is 0 Å². The van der Waals surface area contributed by atoms with Gasteiger partial charge in [0.25, 0.3) is 0 Å². The van der Waals surface area contributed by atoms with Crippen molar-refractivity contribution < 1.29 is 9.53 Å². The molecule has 0 bridgehead atoms. The van der Waals surface area contributed by atoms with Crippen LogP contribution in [0.15, 0.2) is 60.7 Å². The number of carbonyl (C=O) groups is 1. The van der Waals surface area contributed by atoms with E-state index >= 15 is 0 Å². The summed E-state index contributed by atoms with van der Waals surface area (Å²) in [7, 11) is 3.64. The highest BCUT2D eigenvalue weighted by molar-refractivity contribution is 5.82. The van der Waals surface area contributed by atoms with Gasteiger partial charge in [0.1, 0.15) is 11.9 Å². The Balaban J connectivity index is 1.56. The predicted molar refractivity (Wildman–Crippen MR) is 106 cm³/mol. The maximum atomic E-state index is 12.6. The molecule has 0 saturated carbocycles. The summed E-state index contributed by atoms with van der Waals surface area (Å²) in [5, 5.41) is 1.11. The predicted octanol–water partition coefficient (Wildman–Crippen LogP) is 3.26. The summed E-state index contributed by atoms with van der Waals surface area (Å²) in [6.07, 6.45) is 0.675. The van der Waals surface area contributed by atoms with E-state index in [2.05, 4.69) is 17.0 Å². The summed E-state index contributed by atoms with van der Waals surface area (Å²) in [6.45, 7) is 1.08. The van der Waals surface area contributed by atoms with Gasteiger partial charge in [-0.1, -0.05) is 36.4 Å². The van der Waals surface area contributed by atoms with E-state index in [1.165, 1.54) is 5.56 Å². The summed E-state index contributed by atoms with van der Waals surface area (Å²) >= 11 is 0. The monoisotopic (exact) mass is 361 g/mol. The van der Waals surface area contributed by atoms with Crippen molar-refractivity contribution in [3.8, 4) is 5.75 Å². The maximum Gasteiger partial charge on any atom is 0.238 e. The van der Waals surface area contributed by atoms with Gasteiger partial charge in [0, 0.05) is 11.9 Å². The van der Waals surface area contributed by atoms with Gasteiger partial charge in [-0.15, -0.1) is 0 Å². The number of ether oxygens (including phenoxy) is 1. The molecule has 1 unspecified atom stereocenters. The average Bonchev–Trinajstić information content (AvgIpc) is 2.99.